The highest BCUT2D eigenvalue weighted by molar-refractivity contribution is 5.32. The van der Waals surface area contributed by atoms with Crippen LogP contribution in [0.4, 0.5) is 0 Å². The number of nitrogens with one attached hydrogen (secondary N) is 1. The van der Waals surface area contributed by atoms with Crippen molar-refractivity contribution in [1.82, 2.24) is 4.57 Å². The van der Waals surface area contributed by atoms with Gasteiger partial charge in [-0.1, -0.05) is 12.1 Å². The molecule has 1 unspecified atom stereocenters. The number of hydrogen-bond acceptors (Lipinski definition) is 4. The largest absolute Gasteiger partial charge is 0.497 e. The Morgan fingerprint density at radius 3 is 2.89 bits per heavy atom. The van der Waals surface area contributed by atoms with Crippen molar-refractivity contribution in [1.29, 1.82) is 0 Å². The molecular weight excluding hydrogens is 344 g/mol. The molecule has 2 aliphatic heterocycles. The minimum absolute atomic E-state index is 0.109. The summed E-state index contributed by atoms with van der Waals surface area (Å²) < 4.78 is 12.9. The number of aromatic nitrogens is 1. The predicted molar refractivity (Wildman–Crippen MR) is 102 cm³/mol. The summed E-state index contributed by atoms with van der Waals surface area (Å²) in [7, 11) is 1.62. The highest BCUT2D eigenvalue weighted by Crippen LogP contribution is 2.30. The number of hydrogen-bond donors (Lipinski definition) is 2. The highest BCUT2D eigenvalue weighted by atomic mass is 16.5. The topological polar surface area (TPSA) is 65.1 Å². The van der Waals surface area contributed by atoms with E-state index in [0.717, 1.165) is 37.5 Å². The van der Waals surface area contributed by atoms with Crippen molar-refractivity contribution >= 4 is 0 Å². The molecule has 6 nitrogen and oxygen atoms in total. The lowest BCUT2D eigenvalue weighted by molar-refractivity contribution is -0.914. The van der Waals surface area contributed by atoms with E-state index < -0.39 is 6.10 Å². The maximum atomic E-state index is 12.1. The molecule has 0 amide bonds. The lowest BCUT2D eigenvalue weighted by atomic mass is 9.83. The Hall–Kier alpha value is -2.31. The van der Waals surface area contributed by atoms with Crippen LogP contribution in [0.5, 0.6) is 11.5 Å². The molecule has 2 N–H and O–H groups in total. The Kier molecular flexibility index (Phi) is 5.18. The van der Waals surface area contributed by atoms with Crippen molar-refractivity contribution < 1.29 is 19.5 Å². The molecule has 27 heavy (non-hydrogen) atoms. The number of aliphatic hydroxyl groups excluding tert-OH is 1. The van der Waals surface area contributed by atoms with Gasteiger partial charge in [-0.3, -0.25) is 4.79 Å². The summed E-state index contributed by atoms with van der Waals surface area (Å²) in [4.78, 5) is 13.5. The van der Waals surface area contributed by atoms with Gasteiger partial charge in [-0.2, -0.15) is 0 Å². The molecule has 2 aliphatic rings. The number of rotatable bonds is 6. The summed E-state index contributed by atoms with van der Waals surface area (Å²) in [5.41, 5.74) is 1.26. The Labute approximate surface area is 158 Å². The van der Waals surface area contributed by atoms with E-state index in [2.05, 4.69) is 6.07 Å². The van der Waals surface area contributed by atoms with Gasteiger partial charge in [0.2, 0.25) is 0 Å². The van der Waals surface area contributed by atoms with E-state index in [4.69, 9.17) is 9.47 Å². The van der Waals surface area contributed by atoms with E-state index >= 15 is 0 Å². The average molecular weight is 371 g/mol. The molecule has 4 atom stereocenters. The Morgan fingerprint density at radius 1 is 1.22 bits per heavy atom. The first-order valence-electron chi connectivity index (χ1n) is 9.60. The summed E-state index contributed by atoms with van der Waals surface area (Å²) >= 11 is 0. The third-order valence-electron chi connectivity index (χ3n) is 5.68. The molecule has 1 aromatic carbocycles. The molecule has 2 bridgehead atoms. The SMILES string of the molecule is COc1cccc(OC[C@H](O)C[NH+]2C[C@@H]3C[C@H](C2)c2cccc(=O)n2C3)c1. The van der Waals surface area contributed by atoms with Gasteiger partial charge in [0, 0.05) is 36.2 Å². The maximum absolute atomic E-state index is 12.1. The minimum atomic E-state index is -0.525. The average Bonchev–Trinajstić information content (AvgIpc) is 2.67. The van der Waals surface area contributed by atoms with Crippen LogP contribution in [0.2, 0.25) is 0 Å². The quantitative estimate of drug-likeness (QED) is 0.767. The van der Waals surface area contributed by atoms with Crippen LogP contribution >= 0.6 is 0 Å². The van der Waals surface area contributed by atoms with Gasteiger partial charge < -0.3 is 24.0 Å². The van der Waals surface area contributed by atoms with Gasteiger partial charge in [0.1, 0.15) is 30.8 Å². The molecule has 0 radical (unpaired) electrons. The fourth-order valence-corrected chi connectivity index (χ4v) is 4.56. The number of likely N-dealkylation sites (tertiary alicyclic amines) is 1. The third kappa shape index (κ3) is 4.01. The van der Waals surface area contributed by atoms with Crippen LogP contribution in [0.3, 0.4) is 0 Å². The molecule has 2 aromatic rings. The monoisotopic (exact) mass is 371 g/mol. The van der Waals surface area contributed by atoms with Crippen molar-refractivity contribution in [2.24, 2.45) is 5.92 Å². The molecule has 1 fully saturated rings. The first-order valence-corrected chi connectivity index (χ1v) is 9.60. The standard InChI is InChI=1S/C21H26N2O4/c1-26-18-4-2-5-19(9-18)27-14-17(24)13-22-10-15-8-16(12-22)20-6-3-7-21(25)23(20)11-15/h2-7,9,15-17,24H,8,10-14H2,1H3/p+1/t15-,16+,17+/m0/s1. The van der Waals surface area contributed by atoms with Crippen molar-refractivity contribution in [2.45, 2.75) is 25.0 Å². The number of aliphatic hydroxyl groups is 1. The van der Waals surface area contributed by atoms with Crippen molar-refractivity contribution in [2.75, 3.05) is 33.4 Å². The molecule has 4 rings (SSSR count). The van der Waals surface area contributed by atoms with E-state index in [1.165, 1.54) is 4.90 Å². The van der Waals surface area contributed by atoms with Gasteiger partial charge >= 0.3 is 0 Å². The molecule has 0 aliphatic carbocycles. The van der Waals surface area contributed by atoms with E-state index in [-0.39, 0.29) is 12.2 Å². The molecular formula is C21H27N2O4+. The van der Waals surface area contributed by atoms with Crippen LogP contribution in [-0.2, 0) is 6.54 Å². The van der Waals surface area contributed by atoms with E-state index in [1.807, 2.05) is 34.9 Å². The number of ether oxygens (including phenoxy) is 2. The summed E-state index contributed by atoms with van der Waals surface area (Å²) in [5, 5.41) is 10.5. The molecule has 3 heterocycles. The second-order valence-electron chi connectivity index (χ2n) is 7.70. The van der Waals surface area contributed by atoms with E-state index in [9.17, 15) is 9.90 Å². The molecule has 1 saturated heterocycles. The fourth-order valence-electron chi connectivity index (χ4n) is 4.56. The number of piperidine rings is 1. The number of pyridine rings is 1. The first kappa shape index (κ1) is 18.1. The zero-order valence-electron chi connectivity index (χ0n) is 15.6. The normalized spacial score (nSPS) is 24.7. The summed E-state index contributed by atoms with van der Waals surface area (Å²) in [6.45, 7) is 3.67. The van der Waals surface area contributed by atoms with Crippen LogP contribution in [0.15, 0.2) is 47.3 Å². The Bertz CT molecular complexity index is 850. The summed E-state index contributed by atoms with van der Waals surface area (Å²) in [6, 6.07) is 13.0. The van der Waals surface area contributed by atoms with Crippen molar-refractivity contribution in [3.63, 3.8) is 0 Å². The second-order valence-corrected chi connectivity index (χ2v) is 7.70. The van der Waals surface area contributed by atoms with Crippen molar-refractivity contribution in [3.8, 4) is 11.5 Å². The predicted octanol–water partition coefficient (Wildman–Crippen LogP) is 0.299. The van der Waals surface area contributed by atoms with Gasteiger partial charge in [-0.25, -0.2) is 0 Å². The summed E-state index contributed by atoms with van der Waals surface area (Å²) in [6.07, 6.45) is 0.617. The third-order valence-corrected chi connectivity index (χ3v) is 5.68. The Morgan fingerprint density at radius 2 is 2.04 bits per heavy atom. The zero-order chi connectivity index (χ0) is 18.8. The van der Waals surface area contributed by atoms with Crippen LogP contribution in [0, 0.1) is 5.92 Å². The number of fused-ring (bicyclic) bond motifs is 4. The van der Waals surface area contributed by atoms with Gasteiger partial charge in [0.15, 0.2) is 0 Å². The highest BCUT2D eigenvalue weighted by Gasteiger charge is 2.37. The molecule has 0 spiro atoms. The molecule has 1 aromatic heterocycles. The number of methoxy groups -OCH3 is 1. The molecule has 0 saturated carbocycles. The number of quaternary nitrogens is 1. The number of benzene rings is 1. The minimum Gasteiger partial charge on any atom is -0.497 e. The maximum Gasteiger partial charge on any atom is 0.250 e. The van der Waals surface area contributed by atoms with Gasteiger partial charge in [0.05, 0.1) is 20.2 Å². The van der Waals surface area contributed by atoms with Crippen LogP contribution in [0.1, 0.15) is 18.0 Å². The van der Waals surface area contributed by atoms with Gasteiger partial charge in [-0.15, -0.1) is 0 Å². The van der Waals surface area contributed by atoms with Gasteiger partial charge in [-0.05, 0) is 24.6 Å². The van der Waals surface area contributed by atoms with E-state index in [0.29, 0.717) is 24.1 Å². The van der Waals surface area contributed by atoms with Crippen molar-refractivity contribution in [3.05, 3.63) is 58.5 Å². The lowest BCUT2D eigenvalue weighted by Gasteiger charge is -2.40. The van der Waals surface area contributed by atoms with Crippen LogP contribution in [0.25, 0.3) is 0 Å². The number of nitrogens with zero attached hydrogens (tertiary/aromatic N) is 1. The second kappa shape index (κ2) is 7.74. The van der Waals surface area contributed by atoms with Crippen LogP contribution in [-0.4, -0.2) is 49.1 Å². The smallest absolute Gasteiger partial charge is 0.250 e. The molecule has 6 heteroatoms. The summed E-state index contributed by atoms with van der Waals surface area (Å²) in [5.74, 6) is 2.34. The van der Waals surface area contributed by atoms with E-state index in [1.54, 1.807) is 13.2 Å². The zero-order valence-corrected chi connectivity index (χ0v) is 15.6. The fraction of sp³-hybridized carbons (Fsp3) is 0.476. The van der Waals surface area contributed by atoms with Crippen LogP contribution < -0.4 is 19.9 Å². The van der Waals surface area contributed by atoms with Gasteiger partial charge in [0.25, 0.3) is 5.56 Å². The Balaban J connectivity index is 1.34. The first-order chi connectivity index (χ1) is 13.1. The molecule has 144 valence electrons. The lowest BCUT2D eigenvalue weighted by Crippen LogP contribution is -3.15.